The van der Waals surface area contributed by atoms with Gasteiger partial charge in [0.2, 0.25) is 0 Å². The number of hydrogen-bond acceptors (Lipinski definition) is 2. The van der Waals surface area contributed by atoms with Crippen molar-refractivity contribution in [3.05, 3.63) is 47.5 Å². The van der Waals surface area contributed by atoms with E-state index in [0.29, 0.717) is 5.92 Å². The summed E-state index contributed by atoms with van der Waals surface area (Å²) in [5.74, 6) is 0.347. The summed E-state index contributed by atoms with van der Waals surface area (Å²) >= 11 is 0. The number of benzene rings is 1. The molecule has 122 valence electrons. The second kappa shape index (κ2) is 8.50. The summed E-state index contributed by atoms with van der Waals surface area (Å²) < 4.78 is 0. The number of aryl methyl sites for hydroxylation is 1. The first-order chi connectivity index (χ1) is 10.7. The highest BCUT2D eigenvalue weighted by atomic mass is 16.3. The second-order valence-corrected chi connectivity index (χ2v) is 6.82. The third-order valence-electron chi connectivity index (χ3n) is 4.78. The molecule has 1 aliphatic carbocycles. The number of nitrogens with two attached hydrogens (primary N) is 1. The van der Waals surface area contributed by atoms with Crippen molar-refractivity contribution in [3.63, 3.8) is 0 Å². The van der Waals surface area contributed by atoms with E-state index < -0.39 is 5.54 Å². The van der Waals surface area contributed by atoms with Crippen LogP contribution >= 0.6 is 0 Å². The minimum Gasteiger partial charge on any atom is -0.394 e. The molecule has 0 aromatic heterocycles. The van der Waals surface area contributed by atoms with Crippen molar-refractivity contribution in [2.75, 3.05) is 6.61 Å². The van der Waals surface area contributed by atoms with Crippen LogP contribution in [0.2, 0.25) is 0 Å². The SMILES string of the molecule is CCCCCCCCc1ccc(C2C=CC(N)(CO)C2)cc1. The van der Waals surface area contributed by atoms with Crippen LogP contribution < -0.4 is 5.73 Å². The third-order valence-corrected chi connectivity index (χ3v) is 4.78. The average Bonchev–Trinajstić information content (AvgIpc) is 2.94. The largest absolute Gasteiger partial charge is 0.394 e. The van der Waals surface area contributed by atoms with E-state index in [1.165, 1.54) is 56.1 Å². The summed E-state index contributed by atoms with van der Waals surface area (Å²) in [7, 11) is 0. The lowest BCUT2D eigenvalue weighted by atomic mass is 9.91. The molecule has 22 heavy (non-hydrogen) atoms. The number of allylic oxidation sites excluding steroid dienone is 1. The molecule has 2 rings (SSSR count). The second-order valence-electron chi connectivity index (χ2n) is 6.82. The summed E-state index contributed by atoms with van der Waals surface area (Å²) in [6, 6.07) is 8.96. The summed E-state index contributed by atoms with van der Waals surface area (Å²) in [5.41, 5.74) is 8.31. The molecule has 1 aromatic carbocycles. The first-order valence-electron chi connectivity index (χ1n) is 8.85. The van der Waals surface area contributed by atoms with Crippen molar-refractivity contribution >= 4 is 0 Å². The Bertz CT molecular complexity index is 465. The molecule has 0 amide bonds. The van der Waals surface area contributed by atoms with Crippen molar-refractivity contribution in [3.8, 4) is 0 Å². The molecular weight excluding hydrogens is 270 g/mol. The standard InChI is InChI=1S/C20H31NO/c1-2-3-4-5-6-7-8-17-9-11-18(12-10-17)19-13-14-20(21,15-19)16-22/h9-14,19,22H,2-8,15-16,21H2,1H3. The van der Waals surface area contributed by atoms with E-state index in [9.17, 15) is 5.11 Å². The fourth-order valence-electron chi connectivity index (χ4n) is 3.24. The number of aliphatic hydroxyl groups is 1. The molecule has 1 aromatic rings. The zero-order valence-electron chi connectivity index (χ0n) is 13.9. The Kier molecular flexibility index (Phi) is 6.66. The van der Waals surface area contributed by atoms with Crippen LogP contribution in [0.4, 0.5) is 0 Å². The number of aliphatic hydroxyl groups excluding tert-OH is 1. The molecule has 0 radical (unpaired) electrons. The van der Waals surface area contributed by atoms with E-state index in [4.69, 9.17) is 5.73 Å². The van der Waals surface area contributed by atoms with E-state index in [0.717, 1.165) is 6.42 Å². The lowest BCUT2D eigenvalue weighted by molar-refractivity contribution is 0.223. The predicted octanol–water partition coefficient (Wildman–Crippen LogP) is 4.32. The molecule has 0 aliphatic heterocycles. The molecule has 0 spiro atoms. The Labute approximate surface area is 135 Å². The van der Waals surface area contributed by atoms with Crippen LogP contribution in [0.3, 0.4) is 0 Å². The van der Waals surface area contributed by atoms with Gasteiger partial charge in [0.05, 0.1) is 12.1 Å². The smallest absolute Gasteiger partial charge is 0.0647 e. The summed E-state index contributed by atoms with van der Waals surface area (Å²) in [6.45, 7) is 2.28. The quantitative estimate of drug-likeness (QED) is 0.527. The molecule has 0 fully saturated rings. The topological polar surface area (TPSA) is 46.2 Å². The summed E-state index contributed by atoms with van der Waals surface area (Å²) in [4.78, 5) is 0. The molecule has 0 heterocycles. The number of rotatable bonds is 9. The molecule has 3 N–H and O–H groups in total. The highest BCUT2D eigenvalue weighted by Crippen LogP contribution is 2.33. The maximum atomic E-state index is 9.33. The highest BCUT2D eigenvalue weighted by molar-refractivity contribution is 5.33. The number of unbranched alkanes of at least 4 members (excludes halogenated alkanes) is 5. The number of hydrogen-bond donors (Lipinski definition) is 2. The molecule has 1 aliphatic rings. The zero-order valence-corrected chi connectivity index (χ0v) is 13.9. The molecule has 2 nitrogen and oxygen atoms in total. The van der Waals surface area contributed by atoms with E-state index in [-0.39, 0.29) is 6.61 Å². The van der Waals surface area contributed by atoms with Gasteiger partial charge in [0.25, 0.3) is 0 Å². The maximum Gasteiger partial charge on any atom is 0.0647 e. The average molecular weight is 301 g/mol. The van der Waals surface area contributed by atoms with Gasteiger partial charge in [-0.1, -0.05) is 75.4 Å². The molecule has 2 atom stereocenters. The summed E-state index contributed by atoms with van der Waals surface area (Å²) in [5, 5.41) is 9.33. The Morgan fingerprint density at radius 1 is 1.09 bits per heavy atom. The van der Waals surface area contributed by atoms with Crippen LogP contribution in [-0.4, -0.2) is 17.3 Å². The van der Waals surface area contributed by atoms with E-state index >= 15 is 0 Å². The molecule has 0 saturated heterocycles. The van der Waals surface area contributed by atoms with Gasteiger partial charge < -0.3 is 10.8 Å². The van der Waals surface area contributed by atoms with Crippen LogP contribution in [0.1, 0.15) is 68.9 Å². The molecular formula is C20H31NO. The Balaban J connectivity index is 1.75. The van der Waals surface area contributed by atoms with Crippen LogP contribution in [0.5, 0.6) is 0 Å². The van der Waals surface area contributed by atoms with Crippen LogP contribution in [0.15, 0.2) is 36.4 Å². The van der Waals surface area contributed by atoms with Gasteiger partial charge in [-0.15, -0.1) is 0 Å². The van der Waals surface area contributed by atoms with Crippen LogP contribution in [0, 0.1) is 0 Å². The van der Waals surface area contributed by atoms with Gasteiger partial charge in [0.1, 0.15) is 0 Å². The minimum atomic E-state index is -0.526. The van der Waals surface area contributed by atoms with E-state index in [1.54, 1.807) is 0 Å². The van der Waals surface area contributed by atoms with Gasteiger partial charge in [0, 0.05) is 5.92 Å². The maximum absolute atomic E-state index is 9.33. The molecule has 2 unspecified atom stereocenters. The predicted molar refractivity (Wildman–Crippen MR) is 94.0 cm³/mol. The Morgan fingerprint density at radius 3 is 2.41 bits per heavy atom. The lowest BCUT2D eigenvalue weighted by Crippen LogP contribution is -2.39. The minimum absolute atomic E-state index is 0.0239. The van der Waals surface area contributed by atoms with Gasteiger partial charge in [-0.05, 0) is 30.4 Å². The fraction of sp³-hybridized carbons (Fsp3) is 0.600. The van der Waals surface area contributed by atoms with Crippen molar-refractivity contribution in [2.24, 2.45) is 5.73 Å². The van der Waals surface area contributed by atoms with Gasteiger partial charge in [-0.3, -0.25) is 0 Å². The van der Waals surface area contributed by atoms with Gasteiger partial charge in [-0.25, -0.2) is 0 Å². The molecule has 0 saturated carbocycles. The Morgan fingerprint density at radius 2 is 1.77 bits per heavy atom. The Hall–Kier alpha value is -1.12. The molecule has 2 heteroatoms. The van der Waals surface area contributed by atoms with Gasteiger partial charge >= 0.3 is 0 Å². The van der Waals surface area contributed by atoms with Crippen LogP contribution in [-0.2, 0) is 6.42 Å². The lowest BCUT2D eigenvalue weighted by Gasteiger charge is -2.20. The van der Waals surface area contributed by atoms with Crippen molar-refractivity contribution in [1.29, 1.82) is 0 Å². The van der Waals surface area contributed by atoms with E-state index in [1.807, 2.05) is 6.08 Å². The van der Waals surface area contributed by atoms with Crippen molar-refractivity contribution < 1.29 is 5.11 Å². The van der Waals surface area contributed by atoms with E-state index in [2.05, 4.69) is 37.3 Å². The first kappa shape index (κ1) is 17.2. The normalized spacial score (nSPS) is 24.0. The summed E-state index contributed by atoms with van der Waals surface area (Å²) in [6.07, 6.45) is 14.2. The van der Waals surface area contributed by atoms with Crippen molar-refractivity contribution in [2.45, 2.75) is 69.7 Å². The zero-order chi connectivity index (χ0) is 15.8. The molecule has 0 bridgehead atoms. The highest BCUT2D eigenvalue weighted by Gasteiger charge is 2.30. The monoisotopic (exact) mass is 301 g/mol. The van der Waals surface area contributed by atoms with Crippen LogP contribution in [0.25, 0.3) is 0 Å². The van der Waals surface area contributed by atoms with Crippen molar-refractivity contribution in [1.82, 2.24) is 0 Å². The van der Waals surface area contributed by atoms with Gasteiger partial charge in [0.15, 0.2) is 0 Å². The first-order valence-corrected chi connectivity index (χ1v) is 8.85. The fourth-order valence-corrected chi connectivity index (χ4v) is 3.24. The third kappa shape index (κ3) is 4.96. The van der Waals surface area contributed by atoms with Gasteiger partial charge in [-0.2, -0.15) is 0 Å².